The Balaban J connectivity index is 1.58. The van der Waals surface area contributed by atoms with Crippen molar-refractivity contribution >= 4 is 16.8 Å². The molecule has 0 saturated carbocycles. The Hall–Kier alpha value is -4.39. The molecule has 168 valence electrons. The molecular weight excluding hydrogens is 424 g/mol. The van der Waals surface area contributed by atoms with E-state index in [0.717, 1.165) is 39.1 Å². The molecule has 0 unspecified atom stereocenters. The molecule has 1 amide bonds. The predicted molar refractivity (Wildman–Crippen MR) is 132 cm³/mol. The molecule has 3 heterocycles. The van der Waals surface area contributed by atoms with Gasteiger partial charge in [0.25, 0.3) is 5.91 Å². The van der Waals surface area contributed by atoms with Gasteiger partial charge in [0.1, 0.15) is 0 Å². The van der Waals surface area contributed by atoms with Crippen molar-refractivity contribution in [2.75, 3.05) is 0 Å². The number of aryl methyl sites for hydroxylation is 3. The summed E-state index contributed by atoms with van der Waals surface area (Å²) in [5.74, 6) is -0.200. The second-order valence-corrected chi connectivity index (χ2v) is 8.40. The van der Waals surface area contributed by atoms with E-state index in [0.29, 0.717) is 17.8 Å². The van der Waals surface area contributed by atoms with Crippen LogP contribution in [0.4, 0.5) is 0 Å². The summed E-state index contributed by atoms with van der Waals surface area (Å²) in [5, 5.41) is 8.52. The number of fused-ring (bicyclic) bond motifs is 1. The van der Waals surface area contributed by atoms with Gasteiger partial charge in [-0.3, -0.25) is 19.7 Å². The largest absolute Gasteiger partial charge is 0.346 e. The second-order valence-electron chi connectivity index (χ2n) is 8.40. The molecule has 7 heteroatoms. The van der Waals surface area contributed by atoms with Crippen LogP contribution in [0.3, 0.4) is 0 Å². The zero-order valence-electron chi connectivity index (χ0n) is 19.3. The Morgan fingerprint density at radius 1 is 0.853 bits per heavy atom. The van der Waals surface area contributed by atoms with Crippen LogP contribution < -0.4 is 5.32 Å². The number of nitrogens with zero attached hydrogens (tertiary/aromatic N) is 5. The minimum absolute atomic E-state index is 0.200. The van der Waals surface area contributed by atoms with E-state index >= 15 is 0 Å². The molecule has 34 heavy (non-hydrogen) atoms. The van der Waals surface area contributed by atoms with E-state index in [2.05, 4.69) is 25.4 Å². The molecule has 0 bridgehead atoms. The lowest BCUT2D eigenvalue weighted by atomic mass is 10.0. The molecule has 0 radical (unpaired) electrons. The normalized spacial score (nSPS) is 11.0. The van der Waals surface area contributed by atoms with Crippen LogP contribution in [0.15, 0.2) is 73.3 Å². The van der Waals surface area contributed by atoms with Gasteiger partial charge in [0.15, 0.2) is 0 Å². The maximum atomic E-state index is 13.2. The van der Waals surface area contributed by atoms with Crippen molar-refractivity contribution in [3.63, 3.8) is 0 Å². The Morgan fingerprint density at radius 3 is 2.35 bits per heavy atom. The summed E-state index contributed by atoms with van der Waals surface area (Å²) >= 11 is 0. The molecule has 0 saturated heterocycles. The SMILES string of the molecule is Cc1ccc(-n2ncc3c(-c4ccc(C)cn4)cc(C(=O)NCc4cnc(C)cn4)cc32)cc1. The van der Waals surface area contributed by atoms with Crippen LogP contribution in [0.5, 0.6) is 0 Å². The highest BCUT2D eigenvalue weighted by atomic mass is 16.1. The van der Waals surface area contributed by atoms with Gasteiger partial charge in [0.05, 0.1) is 47.2 Å². The first-order chi connectivity index (χ1) is 16.5. The van der Waals surface area contributed by atoms with Gasteiger partial charge in [-0.25, -0.2) is 4.68 Å². The van der Waals surface area contributed by atoms with E-state index in [4.69, 9.17) is 0 Å². The van der Waals surface area contributed by atoms with E-state index in [1.54, 1.807) is 12.4 Å². The van der Waals surface area contributed by atoms with Crippen molar-refractivity contribution in [1.29, 1.82) is 0 Å². The summed E-state index contributed by atoms with van der Waals surface area (Å²) in [7, 11) is 0. The van der Waals surface area contributed by atoms with Crippen molar-refractivity contribution < 1.29 is 4.79 Å². The number of amides is 1. The minimum Gasteiger partial charge on any atom is -0.346 e. The molecule has 3 aromatic heterocycles. The van der Waals surface area contributed by atoms with Gasteiger partial charge < -0.3 is 5.32 Å². The van der Waals surface area contributed by atoms with E-state index in [1.807, 2.05) is 86.4 Å². The Bertz CT molecular complexity index is 1470. The van der Waals surface area contributed by atoms with Gasteiger partial charge >= 0.3 is 0 Å². The maximum Gasteiger partial charge on any atom is 0.251 e. The number of hydrogen-bond donors (Lipinski definition) is 1. The van der Waals surface area contributed by atoms with Crippen molar-refractivity contribution in [3.05, 3.63) is 101 Å². The molecule has 1 N–H and O–H groups in total. The van der Waals surface area contributed by atoms with Crippen molar-refractivity contribution in [2.45, 2.75) is 27.3 Å². The monoisotopic (exact) mass is 448 g/mol. The lowest BCUT2D eigenvalue weighted by Gasteiger charge is -2.11. The van der Waals surface area contributed by atoms with E-state index < -0.39 is 0 Å². The van der Waals surface area contributed by atoms with E-state index in [1.165, 1.54) is 5.56 Å². The highest BCUT2D eigenvalue weighted by Crippen LogP contribution is 2.31. The molecule has 5 rings (SSSR count). The molecule has 2 aromatic carbocycles. The molecule has 0 atom stereocenters. The zero-order chi connectivity index (χ0) is 23.7. The Morgan fingerprint density at radius 2 is 1.65 bits per heavy atom. The fourth-order valence-corrected chi connectivity index (χ4v) is 3.77. The lowest BCUT2D eigenvalue weighted by molar-refractivity contribution is 0.0950. The van der Waals surface area contributed by atoms with Crippen LogP contribution in [0.2, 0.25) is 0 Å². The van der Waals surface area contributed by atoms with Gasteiger partial charge in [0.2, 0.25) is 0 Å². The van der Waals surface area contributed by atoms with Crippen LogP contribution in [-0.4, -0.2) is 30.6 Å². The van der Waals surface area contributed by atoms with Gasteiger partial charge in [-0.05, 0) is 56.7 Å². The summed E-state index contributed by atoms with van der Waals surface area (Å²) in [6.07, 6.45) is 7.02. The van der Waals surface area contributed by atoms with Crippen LogP contribution in [-0.2, 0) is 6.54 Å². The van der Waals surface area contributed by atoms with Gasteiger partial charge in [-0.15, -0.1) is 0 Å². The number of benzene rings is 2. The van der Waals surface area contributed by atoms with E-state index in [9.17, 15) is 4.79 Å². The van der Waals surface area contributed by atoms with Crippen molar-refractivity contribution in [1.82, 2.24) is 30.0 Å². The molecule has 7 nitrogen and oxygen atoms in total. The number of carbonyl (C=O) groups is 1. The fraction of sp³-hybridized carbons (Fsp3) is 0.148. The first kappa shape index (κ1) is 21.5. The smallest absolute Gasteiger partial charge is 0.251 e. The quantitative estimate of drug-likeness (QED) is 0.420. The molecule has 0 aliphatic heterocycles. The highest BCUT2D eigenvalue weighted by Gasteiger charge is 2.17. The summed E-state index contributed by atoms with van der Waals surface area (Å²) in [6, 6.07) is 15.9. The second kappa shape index (κ2) is 8.86. The Labute approximate surface area is 197 Å². The van der Waals surface area contributed by atoms with Crippen molar-refractivity contribution in [3.8, 4) is 16.9 Å². The van der Waals surface area contributed by atoms with Crippen LogP contribution >= 0.6 is 0 Å². The topological polar surface area (TPSA) is 85.6 Å². The summed E-state index contributed by atoms with van der Waals surface area (Å²) < 4.78 is 1.86. The average Bonchev–Trinajstić information content (AvgIpc) is 3.28. The van der Waals surface area contributed by atoms with Gasteiger partial charge in [0, 0.05) is 28.9 Å². The number of aromatic nitrogens is 5. The number of pyridine rings is 1. The first-order valence-corrected chi connectivity index (χ1v) is 11.1. The number of hydrogen-bond acceptors (Lipinski definition) is 5. The first-order valence-electron chi connectivity index (χ1n) is 11.1. The number of carbonyl (C=O) groups excluding carboxylic acids is 1. The summed E-state index contributed by atoms with van der Waals surface area (Å²) in [6.45, 7) is 6.22. The predicted octanol–water partition coefficient (Wildman–Crippen LogP) is 4.73. The average molecular weight is 449 g/mol. The van der Waals surface area contributed by atoms with Crippen LogP contribution in [0.25, 0.3) is 27.8 Å². The minimum atomic E-state index is -0.200. The van der Waals surface area contributed by atoms with Crippen LogP contribution in [0, 0.1) is 20.8 Å². The zero-order valence-corrected chi connectivity index (χ0v) is 19.3. The molecular formula is C27H24N6O. The van der Waals surface area contributed by atoms with Crippen LogP contribution in [0.1, 0.15) is 32.9 Å². The fourth-order valence-electron chi connectivity index (χ4n) is 3.77. The maximum absolute atomic E-state index is 13.2. The van der Waals surface area contributed by atoms with Gasteiger partial charge in [-0.2, -0.15) is 5.10 Å². The highest BCUT2D eigenvalue weighted by molar-refractivity contribution is 6.03. The van der Waals surface area contributed by atoms with Gasteiger partial charge in [-0.1, -0.05) is 23.8 Å². The summed E-state index contributed by atoms with van der Waals surface area (Å²) in [5.41, 5.74) is 7.71. The molecule has 0 aliphatic carbocycles. The lowest BCUT2D eigenvalue weighted by Crippen LogP contribution is -2.23. The molecule has 0 aliphatic rings. The standard InChI is InChI=1S/C27H24N6O/c1-17-4-7-22(8-5-17)33-26-11-20(27(34)31-15-21-14-28-19(3)13-29-21)10-23(24(26)16-32-33)25-9-6-18(2)12-30-25/h4-14,16H,15H2,1-3H3,(H,31,34). The molecule has 0 fully saturated rings. The Kier molecular flexibility index (Phi) is 5.59. The van der Waals surface area contributed by atoms with Crippen molar-refractivity contribution in [2.24, 2.45) is 0 Å². The number of nitrogens with one attached hydrogen (secondary N) is 1. The molecule has 0 spiro atoms. The number of rotatable bonds is 5. The summed E-state index contributed by atoms with van der Waals surface area (Å²) in [4.78, 5) is 26.3. The van der Waals surface area contributed by atoms with E-state index in [-0.39, 0.29) is 5.91 Å². The third-order valence-electron chi connectivity index (χ3n) is 5.68. The third kappa shape index (κ3) is 4.28. The molecule has 5 aromatic rings. The third-order valence-corrected chi connectivity index (χ3v) is 5.68.